The SMILES string of the molecule is COc1ccc(Nc2nc(-c3ccccc3)nc3ccccc23)cc1O. The molecule has 2 N–H and O–H groups in total. The van der Waals surface area contributed by atoms with Crippen LogP contribution in [0.3, 0.4) is 0 Å². The van der Waals surface area contributed by atoms with Crippen molar-refractivity contribution in [1.29, 1.82) is 0 Å². The van der Waals surface area contributed by atoms with Crippen LogP contribution in [0.25, 0.3) is 22.3 Å². The van der Waals surface area contributed by atoms with Crippen LogP contribution in [-0.2, 0) is 0 Å². The molecule has 4 rings (SSSR count). The van der Waals surface area contributed by atoms with E-state index in [0.29, 0.717) is 23.1 Å². The summed E-state index contributed by atoms with van der Waals surface area (Å²) >= 11 is 0. The topological polar surface area (TPSA) is 67.3 Å². The van der Waals surface area contributed by atoms with Gasteiger partial charge in [-0.25, -0.2) is 9.97 Å². The average molecular weight is 343 g/mol. The minimum atomic E-state index is 0.0687. The predicted molar refractivity (Wildman–Crippen MR) is 103 cm³/mol. The molecule has 0 radical (unpaired) electrons. The Labute approximate surface area is 150 Å². The number of phenolic OH excluding ortho intramolecular Hbond substituents is 1. The van der Waals surface area contributed by atoms with Crippen molar-refractivity contribution >= 4 is 22.4 Å². The first-order valence-electron chi connectivity index (χ1n) is 8.21. The molecule has 0 atom stereocenters. The van der Waals surface area contributed by atoms with Gasteiger partial charge < -0.3 is 15.2 Å². The number of phenols is 1. The molecule has 128 valence electrons. The van der Waals surface area contributed by atoms with E-state index >= 15 is 0 Å². The van der Waals surface area contributed by atoms with Gasteiger partial charge in [-0.3, -0.25) is 0 Å². The van der Waals surface area contributed by atoms with Crippen molar-refractivity contribution in [1.82, 2.24) is 9.97 Å². The number of nitrogens with one attached hydrogen (secondary N) is 1. The van der Waals surface area contributed by atoms with Crippen LogP contribution in [-0.4, -0.2) is 22.2 Å². The van der Waals surface area contributed by atoms with Gasteiger partial charge in [0.2, 0.25) is 0 Å². The minimum Gasteiger partial charge on any atom is -0.504 e. The van der Waals surface area contributed by atoms with Gasteiger partial charge in [0.05, 0.1) is 12.6 Å². The molecule has 1 aromatic heterocycles. The number of para-hydroxylation sites is 1. The number of benzene rings is 3. The summed E-state index contributed by atoms with van der Waals surface area (Å²) < 4.78 is 5.09. The van der Waals surface area contributed by atoms with E-state index in [2.05, 4.69) is 10.3 Å². The maximum absolute atomic E-state index is 10.0. The number of aromatic hydroxyl groups is 1. The lowest BCUT2D eigenvalue weighted by molar-refractivity contribution is 0.373. The maximum Gasteiger partial charge on any atom is 0.162 e. The van der Waals surface area contributed by atoms with Gasteiger partial charge in [-0.2, -0.15) is 0 Å². The Hall–Kier alpha value is -3.60. The molecule has 0 saturated carbocycles. The summed E-state index contributed by atoms with van der Waals surface area (Å²) in [6, 6.07) is 22.8. The van der Waals surface area contributed by atoms with Crippen LogP contribution in [0.4, 0.5) is 11.5 Å². The van der Waals surface area contributed by atoms with Crippen LogP contribution in [0, 0.1) is 0 Å². The van der Waals surface area contributed by atoms with Crippen molar-refractivity contribution in [2.75, 3.05) is 12.4 Å². The Morgan fingerprint density at radius 2 is 1.65 bits per heavy atom. The normalized spacial score (nSPS) is 10.7. The Kier molecular flexibility index (Phi) is 4.11. The highest BCUT2D eigenvalue weighted by atomic mass is 16.5. The van der Waals surface area contributed by atoms with Gasteiger partial charge >= 0.3 is 0 Å². The van der Waals surface area contributed by atoms with Gasteiger partial charge in [0.25, 0.3) is 0 Å². The van der Waals surface area contributed by atoms with Gasteiger partial charge in [-0.1, -0.05) is 42.5 Å². The number of rotatable bonds is 4. The van der Waals surface area contributed by atoms with Gasteiger partial charge in [-0.15, -0.1) is 0 Å². The molecule has 3 aromatic carbocycles. The number of nitrogens with zero attached hydrogens (tertiary/aromatic N) is 2. The predicted octanol–water partition coefficient (Wildman–Crippen LogP) is 4.75. The van der Waals surface area contributed by atoms with Crippen LogP contribution in [0.15, 0.2) is 72.8 Å². The van der Waals surface area contributed by atoms with Gasteiger partial charge in [0, 0.05) is 22.7 Å². The lowest BCUT2D eigenvalue weighted by atomic mass is 10.2. The lowest BCUT2D eigenvalue weighted by Gasteiger charge is -2.12. The van der Waals surface area contributed by atoms with E-state index in [0.717, 1.165) is 16.5 Å². The maximum atomic E-state index is 10.0. The number of aromatic nitrogens is 2. The van der Waals surface area contributed by atoms with E-state index in [-0.39, 0.29) is 5.75 Å². The zero-order valence-corrected chi connectivity index (χ0v) is 14.2. The van der Waals surface area contributed by atoms with Crippen molar-refractivity contribution in [2.24, 2.45) is 0 Å². The van der Waals surface area contributed by atoms with Crippen LogP contribution < -0.4 is 10.1 Å². The lowest BCUT2D eigenvalue weighted by Crippen LogP contribution is -1.99. The van der Waals surface area contributed by atoms with Crippen molar-refractivity contribution in [3.8, 4) is 22.9 Å². The summed E-state index contributed by atoms with van der Waals surface area (Å²) in [5, 5.41) is 14.2. The highest BCUT2D eigenvalue weighted by Crippen LogP contribution is 2.32. The average Bonchev–Trinajstić information content (AvgIpc) is 2.69. The molecule has 1 heterocycles. The third-order valence-electron chi connectivity index (χ3n) is 4.08. The van der Waals surface area contributed by atoms with E-state index in [9.17, 15) is 5.11 Å². The molecular formula is C21H17N3O2. The highest BCUT2D eigenvalue weighted by Gasteiger charge is 2.10. The molecule has 5 heteroatoms. The summed E-state index contributed by atoms with van der Waals surface area (Å²) in [4.78, 5) is 9.38. The third kappa shape index (κ3) is 3.02. The fourth-order valence-corrected chi connectivity index (χ4v) is 2.79. The number of hydrogen-bond acceptors (Lipinski definition) is 5. The molecule has 0 amide bonds. The third-order valence-corrected chi connectivity index (χ3v) is 4.08. The van der Waals surface area contributed by atoms with E-state index in [1.165, 1.54) is 7.11 Å². The summed E-state index contributed by atoms with van der Waals surface area (Å²) in [5.41, 5.74) is 2.51. The molecule has 0 saturated heterocycles. The first kappa shape index (κ1) is 15.9. The zero-order valence-electron chi connectivity index (χ0n) is 14.2. The first-order chi connectivity index (χ1) is 12.7. The van der Waals surface area contributed by atoms with Crippen LogP contribution in [0.5, 0.6) is 11.5 Å². The molecular weight excluding hydrogens is 326 g/mol. The molecule has 4 aromatic rings. The number of hydrogen-bond donors (Lipinski definition) is 2. The summed E-state index contributed by atoms with van der Waals surface area (Å²) in [6.45, 7) is 0. The standard InChI is InChI=1S/C21H17N3O2/c1-26-19-12-11-15(13-18(19)25)22-21-16-9-5-6-10-17(16)23-20(24-21)14-7-3-2-4-8-14/h2-13,25H,1H3,(H,22,23,24). The molecule has 26 heavy (non-hydrogen) atoms. The largest absolute Gasteiger partial charge is 0.504 e. The van der Waals surface area contributed by atoms with E-state index in [1.807, 2.05) is 60.7 Å². The molecule has 0 spiro atoms. The van der Waals surface area contributed by atoms with Crippen molar-refractivity contribution in [2.45, 2.75) is 0 Å². The Morgan fingerprint density at radius 3 is 2.42 bits per heavy atom. The Balaban J connectivity index is 1.82. The van der Waals surface area contributed by atoms with Crippen LogP contribution in [0.1, 0.15) is 0 Å². The van der Waals surface area contributed by atoms with Crippen molar-refractivity contribution < 1.29 is 9.84 Å². The van der Waals surface area contributed by atoms with Crippen molar-refractivity contribution in [3.63, 3.8) is 0 Å². The number of fused-ring (bicyclic) bond motifs is 1. The fraction of sp³-hybridized carbons (Fsp3) is 0.0476. The summed E-state index contributed by atoms with van der Waals surface area (Å²) in [6.07, 6.45) is 0. The second kappa shape index (κ2) is 6.72. The monoisotopic (exact) mass is 343 g/mol. The number of anilines is 2. The van der Waals surface area contributed by atoms with Crippen LogP contribution in [0.2, 0.25) is 0 Å². The number of ether oxygens (including phenoxy) is 1. The fourth-order valence-electron chi connectivity index (χ4n) is 2.79. The van der Waals surface area contributed by atoms with E-state index in [4.69, 9.17) is 9.72 Å². The van der Waals surface area contributed by atoms with Crippen LogP contribution >= 0.6 is 0 Å². The first-order valence-corrected chi connectivity index (χ1v) is 8.21. The molecule has 0 fully saturated rings. The van der Waals surface area contributed by atoms with Gasteiger partial charge in [0.1, 0.15) is 5.82 Å². The second-order valence-corrected chi connectivity index (χ2v) is 5.79. The molecule has 0 aliphatic heterocycles. The molecule has 0 aliphatic rings. The zero-order chi connectivity index (χ0) is 17.9. The summed E-state index contributed by atoms with van der Waals surface area (Å²) in [5.74, 6) is 1.82. The minimum absolute atomic E-state index is 0.0687. The number of methoxy groups -OCH3 is 1. The van der Waals surface area contributed by atoms with E-state index in [1.54, 1.807) is 12.1 Å². The Morgan fingerprint density at radius 1 is 0.885 bits per heavy atom. The molecule has 5 nitrogen and oxygen atoms in total. The highest BCUT2D eigenvalue weighted by molar-refractivity contribution is 5.92. The van der Waals surface area contributed by atoms with E-state index < -0.39 is 0 Å². The van der Waals surface area contributed by atoms with Crippen molar-refractivity contribution in [3.05, 3.63) is 72.8 Å². The smallest absolute Gasteiger partial charge is 0.162 e. The molecule has 0 unspecified atom stereocenters. The Bertz CT molecular complexity index is 1070. The summed E-state index contributed by atoms with van der Waals surface area (Å²) in [7, 11) is 1.52. The molecule has 0 aliphatic carbocycles. The van der Waals surface area contributed by atoms with Gasteiger partial charge in [-0.05, 0) is 24.3 Å². The molecule has 0 bridgehead atoms. The quantitative estimate of drug-likeness (QED) is 0.559. The second-order valence-electron chi connectivity index (χ2n) is 5.79. The van der Waals surface area contributed by atoms with Gasteiger partial charge in [0.15, 0.2) is 17.3 Å².